The number of pyridine rings is 1. The third-order valence-corrected chi connectivity index (χ3v) is 5.50. The van der Waals surface area contributed by atoms with Gasteiger partial charge in [0.05, 0.1) is 27.6 Å². The molecule has 0 aliphatic rings. The molecule has 1 heterocycles. The van der Waals surface area contributed by atoms with Crippen molar-refractivity contribution in [1.29, 1.82) is 5.26 Å². The summed E-state index contributed by atoms with van der Waals surface area (Å²) in [6.45, 7) is 0. The molecular weight excluding hydrogens is 395 g/mol. The number of nitrogens with one attached hydrogen (secondary N) is 1. The molecule has 0 unspecified atom stereocenters. The van der Waals surface area contributed by atoms with Crippen LogP contribution in [0.15, 0.2) is 58.2 Å². The Hall–Kier alpha value is -3.32. The third-order valence-electron chi connectivity index (χ3n) is 4.10. The molecular formula is C18H12F3N3O3S. The van der Waals surface area contributed by atoms with Crippen LogP contribution in [-0.4, -0.2) is 13.0 Å². The summed E-state index contributed by atoms with van der Waals surface area (Å²) in [7, 11) is -2.76. The van der Waals surface area contributed by atoms with Crippen molar-refractivity contribution >= 4 is 26.6 Å². The zero-order valence-electron chi connectivity index (χ0n) is 14.3. The van der Waals surface area contributed by atoms with Crippen molar-refractivity contribution in [3.05, 3.63) is 70.0 Å². The quantitative estimate of drug-likeness (QED) is 0.722. The Balaban J connectivity index is 2.10. The predicted molar refractivity (Wildman–Crippen MR) is 96.2 cm³/mol. The molecule has 3 rings (SSSR count). The molecule has 0 atom stereocenters. The molecule has 1 aromatic heterocycles. The normalized spacial score (nSPS) is 12.0. The fourth-order valence-electron chi connectivity index (χ4n) is 2.68. The topological polar surface area (TPSA) is 92.0 Å². The monoisotopic (exact) mass is 407 g/mol. The van der Waals surface area contributed by atoms with Crippen molar-refractivity contribution in [2.75, 3.05) is 4.72 Å². The fraction of sp³-hybridized carbons (Fsp3) is 0.111. The van der Waals surface area contributed by atoms with Crippen molar-refractivity contribution in [1.82, 2.24) is 4.57 Å². The summed E-state index contributed by atoms with van der Waals surface area (Å²) in [6.07, 6.45) is -4.78. The Kier molecular flexibility index (Phi) is 4.64. The van der Waals surface area contributed by atoms with Gasteiger partial charge in [-0.3, -0.25) is 9.52 Å². The van der Waals surface area contributed by atoms with E-state index in [4.69, 9.17) is 5.26 Å². The van der Waals surface area contributed by atoms with Gasteiger partial charge in [0.1, 0.15) is 0 Å². The summed E-state index contributed by atoms with van der Waals surface area (Å²) in [4.78, 5) is 11.6. The number of aromatic nitrogens is 1. The Labute approximate surface area is 157 Å². The Morgan fingerprint density at radius 3 is 2.29 bits per heavy atom. The van der Waals surface area contributed by atoms with Crippen LogP contribution >= 0.6 is 0 Å². The average Bonchev–Trinajstić information content (AvgIpc) is 2.63. The molecule has 0 radical (unpaired) electrons. The SMILES string of the molecule is Cn1c(=O)cc(C(F)(F)F)c2cc(NS(=O)(=O)c3ccc(C#N)cc3)ccc21. The Morgan fingerprint density at radius 1 is 1.07 bits per heavy atom. The lowest BCUT2D eigenvalue weighted by Gasteiger charge is -2.15. The minimum absolute atomic E-state index is 0.0150. The van der Waals surface area contributed by atoms with E-state index in [0.29, 0.717) is 6.07 Å². The highest BCUT2D eigenvalue weighted by atomic mass is 32.2. The van der Waals surface area contributed by atoms with E-state index in [1.807, 2.05) is 6.07 Å². The second-order valence-electron chi connectivity index (χ2n) is 5.93. The lowest BCUT2D eigenvalue weighted by Crippen LogP contribution is -2.21. The number of sulfonamides is 1. The van der Waals surface area contributed by atoms with E-state index in [-0.39, 0.29) is 27.0 Å². The zero-order chi connectivity index (χ0) is 20.7. The molecule has 0 spiro atoms. The first-order valence-corrected chi connectivity index (χ1v) is 9.25. The minimum atomic E-state index is -4.78. The van der Waals surface area contributed by atoms with Gasteiger partial charge in [-0.1, -0.05) is 0 Å². The summed E-state index contributed by atoms with van der Waals surface area (Å²) in [6, 6.07) is 10.9. The highest BCUT2D eigenvalue weighted by molar-refractivity contribution is 7.92. The largest absolute Gasteiger partial charge is 0.417 e. The standard InChI is InChI=1S/C18H12F3N3O3S/c1-24-16-7-4-12(8-14(16)15(9-17(24)25)18(19,20)21)23-28(26,27)13-5-2-11(10-22)3-6-13/h2-9,23H,1H3. The second kappa shape index (κ2) is 6.69. The van der Waals surface area contributed by atoms with Crippen molar-refractivity contribution in [3.8, 4) is 6.07 Å². The molecule has 28 heavy (non-hydrogen) atoms. The predicted octanol–water partition coefficient (Wildman–Crippen LogP) is 3.23. The number of hydrogen-bond donors (Lipinski definition) is 1. The molecule has 1 N–H and O–H groups in total. The molecule has 0 saturated heterocycles. The summed E-state index contributed by atoms with van der Waals surface area (Å²) >= 11 is 0. The van der Waals surface area contributed by atoms with Crippen LogP contribution in [0, 0.1) is 11.3 Å². The van der Waals surface area contributed by atoms with E-state index in [9.17, 15) is 26.4 Å². The maximum atomic E-state index is 13.3. The highest BCUT2D eigenvalue weighted by Crippen LogP contribution is 2.35. The molecule has 0 amide bonds. The molecule has 2 aromatic carbocycles. The molecule has 0 aliphatic carbocycles. The Morgan fingerprint density at radius 2 is 1.71 bits per heavy atom. The zero-order valence-corrected chi connectivity index (χ0v) is 15.1. The van der Waals surface area contributed by atoms with Gasteiger partial charge in [-0.05, 0) is 42.5 Å². The number of rotatable bonds is 3. The first kappa shape index (κ1) is 19.4. The number of fused-ring (bicyclic) bond motifs is 1. The van der Waals surface area contributed by atoms with Crippen molar-refractivity contribution in [2.24, 2.45) is 7.05 Å². The van der Waals surface area contributed by atoms with E-state index in [1.54, 1.807) is 0 Å². The van der Waals surface area contributed by atoms with E-state index >= 15 is 0 Å². The van der Waals surface area contributed by atoms with Gasteiger partial charge in [0.25, 0.3) is 15.6 Å². The summed E-state index contributed by atoms with van der Waals surface area (Å²) in [5.74, 6) is 0. The number of hydrogen-bond acceptors (Lipinski definition) is 4. The van der Waals surface area contributed by atoms with E-state index in [2.05, 4.69) is 4.72 Å². The second-order valence-corrected chi connectivity index (χ2v) is 7.61. The smallest absolute Gasteiger partial charge is 0.311 e. The van der Waals surface area contributed by atoms with Crippen molar-refractivity contribution < 1.29 is 21.6 Å². The number of halogens is 3. The first-order valence-electron chi connectivity index (χ1n) is 7.77. The van der Waals surface area contributed by atoms with Gasteiger partial charge in [-0.25, -0.2) is 8.42 Å². The third kappa shape index (κ3) is 3.57. The van der Waals surface area contributed by atoms with Gasteiger partial charge in [0.15, 0.2) is 0 Å². The number of nitriles is 1. The maximum Gasteiger partial charge on any atom is 0.417 e. The summed E-state index contributed by atoms with van der Waals surface area (Å²) in [5, 5.41) is 8.46. The van der Waals surface area contributed by atoms with Crippen LogP contribution in [0.3, 0.4) is 0 Å². The van der Waals surface area contributed by atoms with Crippen LogP contribution in [0.5, 0.6) is 0 Å². The maximum absolute atomic E-state index is 13.3. The molecule has 3 aromatic rings. The van der Waals surface area contributed by atoms with Gasteiger partial charge in [0.2, 0.25) is 0 Å². The molecule has 0 bridgehead atoms. The van der Waals surface area contributed by atoms with E-state index in [1.165, 1.54) is 43.4 Å². The van der Waals surface area contributed by atoms with Crippen molar-refractivity contribution in [2.45, 2.75) is 11.1 Å². The molecule has 0 aliphatic heterocycles. The molecule has 6 nitrogen and oxygen atoms in total. The summed E-state index contributed by atoms with van der Waals surface area (Å²) < 4.78 is 68.2. The van der Waals surface area contributed by atoms with Gasteiger partial charge >= 0.3 is 6.18 Å². The molecule has 10 heteroatoms. The van der Waals surface area contributed by atoms with E-state index in [0.717, 1.165) is 10.6 Å². The molecule has 0 saturated carbocycles. The number of nitrogens with zero attached hydrogens (tertiary/aromatic N) is 2. The van der Waals surface area contributed by atoms with Crippen LogP contribution in [-0.2, 0) is 23.2 Å². The van der Waals surface area contributed by atoms with Crippen LogP contribution in [0.4, 0.5) is 18.9 Å². The van der Waals surface area contributed by atoms with Gasteiger partial charge < -0.3 is 4.57 Å². The average molecular weight is 407 g/mol. The number of aryl methyl sites for hydroxylation is 1. The number of anilines is 1. The van der Waals surface area contributed by atoms with Gasteiger partial charge in [-0.15, -0.1) is 0 Å². The lowest BCUT2D eigenvalue weighted by atomic mass is 10.1. The first-order chi connectivity index (χ1) is 13.0. The minimum Gasteiger partial charge on any atom is -0.311 e. The lowest BCUT2D eigenvalue weighted by molar-refractivity contribution is -0.136. The van der Waals surface area contributed by atoms with Crippen LogP contribution in [0.1, 0.15) is 11.1 Å². The number of alkyl halides is 3. The summed E-state index contributed by atoms with van der Waals surface area (Å²) in [5.41, 5.74) is -1.79. The number of benzene rings is 2. The fourth-order valence-corrected chi connectivity index (χ4v) is 3.73. The highest BCUT2D eigenvalue weighted by Gasteiger charge is 2.34. The molecule has 0 fully saturated rings. The van der Waals surface area contributed by atoms with Crippen LogP contribution < -0.4 is 10.3 Å². The van der Waals surface area contributed by atoms with Gasteiger partial charge in [-0.2, -0.15) is 18.4 Å². The Bertz CT molecular complexity index is 1270. The van der Waals surface area contributed by atoms with Gasteiger partial charge in [0, 0.05) is 24.2 Å². The molecule has 144 valence electrons. The van der Waals surface area contributed by atoms with Crippen LogP contribution in [0.25, 0.3) is 10.9 Å². The van der Waals surface area contributed by atoms with E-state index < -0.39 is 27.3 Å². The van der Waals surface area contributed by atoms with Crippen molar-refractivity contribution in [3.63, 3.8) is 0 Å². The van der Waals surface area contributed by atoms with Crippen LogP contribution in [0.2, 0.25) is 0 Å².